The van der Waals surface area contributed by atoms with E-state index in [0.717, 1.165) is 44.5 Å². The molecule has 0 saturated heterocycles. The molecular weight excluding hydrogens is 188 g/mol. The molecule has 0 atom stereocenters. The first-order valence-electron chi connectivity index (χ1n) is 5.69. The Morgan fingerprint density at radius 3 is 2.27 bits per heavy atom. The zero-order valence-electron chi connectivity index (χ0n) is 9.15. The molecule has 1 aromatic rings. The third-order valence-corrected chi connectivity index (χ3v) is 2.30. The summed E-state index contributed by atoms with van der Waals surface area (Å²) >= 11 is 0. The van der Waals surface area contributed by atoms with Gasteiger partial charge in [-0.2, -0.15) is 0 Å². The van der Waals surface area contributed by atoms with Crippen molar-refractivity contribution in [3.8, 4) is 5.75 Å². The predicted molar refractivity (Wildman–Crippen MR) is 60.6 cm³/mol. The maximum absolute atomic E-state index is 10.2. The molecular formula is C13H19O2. The van der Waals surface area contributed by atoms with Gasteiger partial charge in [-0.25, -0.2) is 5.11 Å². The van der Waals surface area contributed by atoms with E-state index in [4.69, 9.17) is 4.74 Å². The molecule has 15 heavy (non-hydrogen) atoms. The summed E-state index contributed by atoms with van der Waals surface area (Å²) in [5.41, 5.74) is 0. The number of rotatable bonds is 8. The van der Waals surface area contributed by atoms with Crippen molar-refractivity contribution in [1.82, 2.24) is 0 Å². The largest absolute Gasteiger partial charge is 0.494 e. The molecule has 1 aromatic carbocycles. The highest BCUT2D eigenvalue weighted by atomic mass is 16.5. The summed E-state index contributed by atoms with van der Waals surface area (Å²) in [5.74, 6) is 0.942. The highest BCUT2D eigenvalue weighted by Crippen LogP contribution is 2.09. The van der Waals surface area contributed by atoms with E-state index in [-0.39, 0.29) is 6.61 Å². The smallest absolute Gasteiger partial charge is 0.119 e. The number of ether oxygens (including phenoxy) is 1. The average molecular weight is 207 g/mol. The number of unbranched alkanes of at least 4 members (excludes halogenated alkanes) is 4. The van der Waals surface area contributed by atoms with Gasteiger partial charge >= 0.3 is 0 Å². The molecule has 0 unspecified atom stereocenters. The topological polar surface area (TPSA) is 29.1 Å². The minimum atomic E-state index is 0.0700. The van der Waals surface area contributed by atoms with Crippen LogP contribution in [0.1, 0.15) is 32.1 Å². The SMILES string of the molecule is [O]CCCCCCCOc1ccccc1. The van der Waals surface area contributed by atoms with Gasteiger partial charge in [-0.05, 0) is 25.0 Å². The second kappa shape index (κ2) is 8.30. The van der Waals surface area contributed by atoms with Crippen LogP contribution in [0.4, 0.5) is 0 Å². The summed E-state index contributed by atoms with van der Waals surface area (Å²) in [6.07, 6.45) is 5.27. The van der Waals surface area contributed by atoms with Crippen LogP contribution in [0.25, 0.3) is 0 Å². The van der Waals surface area contributed by atoms with Gasteiger partial charge in [-0.1, -0.05) is 37.5 Å². The van der Waals surface area contributed by atoms with Crippen LogP contribution in [0.2, 0.25) is 0 Å². The van der Waals surface area contributed by atoms with E-state index in [1.165, 1.54) is 0 Å². The molecule has 0 aromatic heterocycles. The van der Waals surface area contributed by atoms with E-state index in [2.05, 4.69) is 0 Å². The lowest BCUT2D eigenvalue weighted by atomic mass is 10.1. The van der Waals surface area contributed by atoms with Gasteiger partial charge in [-0.3, -0.25) is 0 Å². The van der Waals surface area contributed by atoms with Crippen LogP contribution in [0.15, 0.2) is 30.3 Å². The van der Waals surface area contributed by atoms with Crippen molar-refractivity contribution in [3.05, 3.63) is 30.3 Å². The number of hydrogen-bond donors (Lipinski definition) is 0. The third kappa shape index (κ3) is 6.13. The van der Waals surface area contributed by atoms with Crippen LogP contribution < -0.4 is 4.74 Å². The van der Waals surface area contributed by atoms with Gasteiger partial charge in [0.05, 0.1) is 13.2 Å². The van der Waals surface area contributed by atoms with Gasteiger partial charge in [0, 0.05) is 0 Å². The second-order valence-corrected chi connectivity index (χ2v) is 3.63. The van der Waals surface area contributed by atoms with Crippen molar-refractivity contribution in [2.75, 3.05) is 13.2 Å². The van der Waals surface area contributed by atoms with Crippen molar-refractivity contribution >= 4 is 0 Å². The van der Waals surface area contributed by atoms with Gasteiger partial charge in [0.2, 0.25) is 0 Å². The second-order valence-electron chi connectivity index (χ2n) is 3.63. The summed E-state index contributed by atoms with van der Waals surface area (Å²) in [4.78, 5) is 0. The first-order chi connectivity index (χ1) is 7.43. The Balaban J connectivity index is 1.93. The minimum absolute atomic E-state index is 0.0700. The monoisotopic (exact) mass is 207 g/mol. The molecule has 0 saturated carbocycles. The molecule has 0 N–H and O–H groups in total. The van der Waals surface area contributed by atoms with Gasteiger partial charge in [0.15, 0.2) is 0 Å². The van der Waals surface area contributed by atoms with Crippen molar-refractivity contribution in [2.24, 2.45) is 0 Å². The molecule has 0 spiro atoms. The average Bonchev–Trinajstić information content (AvgIpc) is 2.29. The number of benzene rings is 1. The van der Waals surface area contributed by atoms with E-state index in [9.17, 15) is 5.11 Å². The fourth-order valence-electron chi connectivity index (χ4n) is 1.44. The van der Waals surface area contributed by atoms with Crippen LogP contribution in [0.5, 0.6) is 5.75 Å². The van der Waals surface area contributed by atoms with E-state index in [1.807, 2.05) is 30.3 Å². The number of para-hydroxylation sites is 1. The summed E-state index contributed by atoms with van der Waals surface area (Å²) in [7, 11) is 0. The summed E-state index contributed by atoms with van der Waals surface area (Å²) in [6, 6.07) is 9.87. The molecule has 0 bridgehead atoms. The Labute approximate surface area is 91.9 Å². The normalized spacial score (nSPS) is 10.2. The highest BCUT2D eigenvalue weighted by molar-refractivity contribution is 5.20. The van der Waals surface area contributed by atoms with Gasteiger partial charge in [0.25, 0.3) is 0 Å². The van der Waals surface area contributed by atoms with Crippen molar-refractivity contribution in [3.63, 3.8) is 0 Å². The minimum Gasteiger partial charge on any atom is -0.494 e. The fourth-order valence-corrected chi connectivity index (χ4v) is 1.44. The van der Waals surface area contributed by atoms with E-state index in [1.54, 1.807) is 0 Å². The maximum Gasteiger partial charge on any atom is 0.119 e. The predicted octanol–water partition coefficient (Wildman–Crippen LogP) is 3.45. The molecule has 1 radical (unpaired) electrons. The standard InChI is InChI=1S/C13H19O2/c14-11-7-2-1-3-8-12-15-13-9-5-4-6-10-13/h4-6,9-10H,1-3,7-8,11-12H2. The number of hydrogen-bond acceptors (Lipinski definition) is 1. The van der Waals surface area contributed by atoms with E-state index < -0.39 is 0 Å². The summed E-state index contributed by atoms with van der Waals surface area (Å²) in [5, 5.41) is 10.2. The third-order valence-electron chi connectivity index (χ3n) is 2.30. The van der Waals surface area contributed by atoms with Crippen molar-refractivity contribution in [1.29, 1.82) is 0 Å². The summed E-state index contributed by atoms with van der Waals surface area (Å²) in [6.45, 7) is 0.849. The lowest BCUT2D eigenvalue weighted by Gasteiger charge is -2.05. The molecule has 83 valence electrons. The first-order valence-corrected chi connectivity index (χ1v) is 5.69. The van der Waals surface area contributed by atoms with E-state index in [0.29, 0.717) is 0 Å². The molecule has 2 nitrogen and oxygen atoms in total. The van der Waals surface area contributed by atoms with Crippen LogP contribution in [0, 0.1) is 0 Å². The fraction of sp³-hybridized carbons (Fsp3) is 0.538. The van der Waals surface area contributed by atoms with Crippen LogP contribution >= 0.6 is 0 Å². The molecule has 1 rings (SSSR count). The first kappa shape index (κ1) is 12.1. The molecule has 0 aliphatic carbocycles. The van der Waals surface area contributed by atoms with Gasteiger partial charge in [0.1, 0.15) is 5.75 Å². The zero-order valence-corrected chi connectivity index (χ0v) is 9.15. The summed E-state index contributed by atoms with van der Waals surface area (Å²) < 4.78 is 5.55. The van der Waals surface area contributed by atoms with Gasteiger partial charge < -0.3 is 4.74 Å². The highest BCUT2D eigenvalue weighted by Gasteiger charge is 1.92. The lowest BCUT2D eigenvalue weighted by molar-refractivity contribution is 0.185. The van der Waals surface area contributed by atoms with Crippen LogP contribution in [-0.4, -0.2) is 13.2 Å². The lowest BCUT2D eigenvalue weighted by Crippen LogP contribution is -1.96. The zero-order chi connectivity index (χ0) is 10.8. The molecule has 2 heteroatoms. The molecule has 0 heterocycles. The Morgan fingerprint density at radius 1 is 0.867 bits per heavy atom. The van der Waals surface area contributed by atoms with Crippen molar-refractivity contribution in [2.45, 2.75) is 32.1 Å². The van der Waals surface area contributed by atoms with Crippen LogP contribution in [0.3, 0.4) is 0 Å². The Hall–Kier alpha value is -1.02. The molecule has 0 fully saturated rings. The Bertz CT molecular complexity index is 234. The molecule has 0 amide bonds. The molecule has 0 aliphatic heterocycles. The van der Waals surface area contributed by atoms with Crippen LogP contribution in [-0.2, 0) is 5.11 Å². The Morgan fingerprint density at radius 2 is 1.53 bits per heavy atom. The van der Waals surface area contributed by atoms with Gasteiger partial charge in [-0.15, -0.1) is 0 Å². The maximum atomic E-state index is 10.2. The van der Waals surface area contributed by atoms with Crippen molar-refractivity contribution < 1.29 is 9.84 Å². The quantitative estimate of drug-likeness (QED) is 0.600. The molecule has 0 aliphatic rings. The Kier molecular flexibility index (Phi) is 6.67. The van der Waals surface area contributed by atoms with E-state index >= 15 is 0 Å².